The third-order valence-electron chi connectivity index (χ3n) is 5.66. The van der Waals surface area contributed by atoms with Crippen LogP contribution in [0.15, 0.2) is 48.5 Å². The quantitative estimate of drug-likeness (QED) is 0.502. The number of alkyl halides is 3. The van der Waals surface area contributed by atoms with Crippen molar-refractivity contribution >= 4 is 11.6 Å². The van der Waals surface area contributed by atoms with E-state index in [1.165, 1.54) is 17.2 Å². The number of anilines is 1. The van der Waals surface area contributed by atoms with Gasteiger partial charge in [-0.2, -0.15) is 18.2 Å². The molecule has 1 aromatic heterocycles. The third kappa shape index (κ3) is 5.35. The molecule has 0 unspecified atom stereocenters. The smallest absolute Gasteiger partial charge is 0.416 e. The molecule has 0 saturated heterocycles. The molecule has 1 amide bonds. The van der Waals surface area contributed by atoms with Crippen LogP contribution in [0, 0.1) is 5.92 Å². The molecule has 0 aliphatic heterocycles. The van der Waals surface area contributed by atoms with Crippen molar-refractivity contribution in [3.05, 3.63) is 54.1 Å². The lowest BCUT2D eigenvalue weighted by atomic mass is 9.88. The van der Waals surface area contributed by atoms with Crippen LogP contribution < -0.4 is 10.1 Å². The van der Waals surface area contributed by atoms with Gasteiger partial charge in [0.05, 0.1) is 17.9 Å². The molecule has 0 bridgehead atoms. The van der Waals surface area contributed by atoms with Gasteiger partial charge in [-0.05, 0) is 56.2 Å². The van der Waals surface area contributed by atoms with Gasteiger partial charge in [-0.1, -0.05) is 31.4 Å². The number of carbonyl (C=O) groups is 1. The highest BCUT2D eigenvalue weighted by Crippen LogP contribution is 2.33. The highest BCUT2D eigenvalue weighted by atomic mass is 19.4. The zero-order valence-electron chi connectivity index (χ0n) is 18.2. The molecule has 33 heavy (non-hydrogen) atoms. The van der Waals surface area contributed by atoms with Gasteiger partial charge >= 0.3 is 12.2 Å². The van der Waals surface area contributed by atoms with E-state index in [1.54, 1.807) is 37.3 Å². The number of nitrogens with zero attached hydrogens (tertiary/aromatic N) is 3. The zero-order chi connectivity index (χ0) is 23.4. The predicted molar refractivity (Wildman–Crippen MR) is 118 cm³/mol. The molecule has 3 aromatic rings. The van der Waals surface area contributed by atoms with Crippen LogP contribution in [0.2, 0.25) is 0 Å². The fourth-order valence-corrected chi connectivity index (χ4v) is 3.98. The van der Waals surface area contributed by atoms with Crippen molar-refractivity contribution in [1.29, 1.82) is 0 Å². The van der Waals surface area contributed by atoms with E-state index in [0.29, 0.717) is 18.0 Å². The summed E-state index contributed by atoms with van der Waals surface area (Å²) in [6.45, 7) is 2.09. The lowest BCUT2D eigenvalue weighted by molar-refractivity contribution is -0.137. The number of halogens is 3. The summed E-state index contributed by atoms with van der Waals surface area (Å²) >= 11 is 0. The minimum atomic E-state index is -4.47. The number of nitrogens with one attached hydrogen (secondary N) is 1. The summed E-state index contributed by atoms with van der Waals surface area (Å²) < 4.78 is 46.5. The second-order valence-corrected chi connectivity index (χ2v) is 8.01. The highest BCUT2D eigenvalue weighted by Gasteiger charge is 2.31. The molecule has 174 valence electrons. The van der Waals surface area contributed by atoms with Crippen molar-refractivity contribution in [3.8, 4) is 23.1 Å². The molecule has 1 N–H and O–H groups in total. The molecular formula is C24H25F3N4O2. The maximum atomic E-state index is 13.2. The number of carbonyl (C=O) groups excluding carboxylic acids is 1. The first-order valence-electron chi connectivity index (χ1n) is 11.0. The maximum absolute atomic E-state index is 13.2. The molecule has 1 heterocycles. The summed E-state index contributed by atoms with van der Waals surface area (Å²) in [6, 6.07) is 12.0. The first kappa shape index (κ1) is 22.8. The lowest BCUT2D eigenvalue weighted by Gasteiger charge is -2.20. The standard InChI is InChI=1S/C24H25F3N4O2/c1-2-33-23-29-21(17-9-6-10-18(15-17)24(25,26)27)31(30-23)20-13-11-19(12-14-20)28-22(32)16-7-4-3-5-8-16/h6,9-16H,2-5,7-8H2,1H3,(H,28,32). The summed E-state index contributed by atoms with van der Waals surface area (Å²) in [4.78, 5) is 16.8. The van der Waals surface area contributed by atoms with Gasteiger partial charge in [-0.15, -0.1) is 5.10 Å². The second kappa shape index (κ2) is 9.64. The second-order valence-electron chi connectivity index (χ2n) is 8.01. The van der Waals surface area contributed by atoms with Gasteiger partial charge in [0.25, 0.3) is 0 Å². The number of hydrogen-bond donors (Lipinski definition) is 1. The third-order valence-corrected chi connectivity index (χ3v) is 5.66. The fraction of sp³-hybridized carbons (Fsp3) is 0.375. The highest BCUT2D eigenvalue weighted by molar-refractivity contribution is 5.92. The van der Waals surface area contributed by atoms with E-state index < -0.39 is 11.7 Å². The topological polar surface area (TPSA) is 69.0 Å². The molecular weight excluding hydrogens is 433 g/mol. The summed E-state index contributed by atoms with van der Waals surface area (Å²) in [6.07, 6.45) is 0.663. The molecule has 1 aliphatic rings. The average molecular weight is 458 g/mol. The van der Waals surface area contributed by atoms with E-state index in [1.807, 2.05) is 0 Å². The maximum Gasteiger partial charge on any atom is 0.416 e. The van der Waals surface area contributed by atoms with Crippen molar-refractivity contribution in [3.63, 3.8) is 0 Å². The Kier molecular flexibility index (Phi) is 6.67. The van der Waals surface area contributed by atoms with Crippen molar-refractivity contribution in [1.82, 2.24) is 14.8 Å². The van der Waals surface area contributed by atoms with Crippen molar-refractivity contribution in [2.45, 2.75) is 45.2 Å². The van der Waals surface area contributed by atoms with Gasteiger partial charge in [0, 0.05) is 17.2 Å². The summed E-state index contributed by atoms with van der Waals surface area (Å²) in [5.74, 6) is 0.282. The summed E-state index contributed by atoms with van der Waals surface area (Å²) in [7, 11) is 0. The van der Waals surface area contributed by atoms with Crippen LogP contribution in [-0.2, 0) is 11.0 Å². The van der Waals surface area contributed by atoms with Gasteiger partial charge in [-0.3, -0.25) is 4.79 Å². The van der Waals surface area contributed by atoms with Crippen LogP contribution in [0.5, 0.6) is 6.01 Å². The van der Waals surface area contributed by atoms with E-state index in [2.05, 4.69) is 15.4 Å². The molecule has 0 radical (unpaired) electrons. The molecule has 1 aliphatic carbocycles. The normalized spacial score (nSPS) is 14.8. The van der Waals surface area contributed by atoms with E-state index >= 15 is 0 Å². The van der Waals surface area contributed by atoms with Crippen LogP contribution >= 0.6 is 0 Å². The number of amides is 1. The van der Waals surface area contributed by atoms with Gasteiger partial charge in [0.1, 0.15) is 0 Å². The van der Waals surface area contributed by atoms with Crippen LogP contribution in [0.1, 0.15) is 44.6 Å². The van der Waals surface area contributed by atoms with Gasteiger partial charge < -0.3 is 10.1 Å². The molecule has 4 rings (SSSR count). The Bertz CT molecular complexity index is 1100. The Balaban J connectivity index is 1.61. The van der Waals surface area contributed by atoms with Gasteiger partial charge in [-0.25, -0.2) is 4.68 Å². The van der Waals surface area contributed by atoms with Gasteiger partial charge in [0.2, 0.25) is 5.91 Å². The molecule has 6 nitrogen and oxygen atoms in total. The number of benzene rings is 2. The van der Waals surface area contributed by atoms with Gasteiger partial charge in [0.15, 0.2) is 5.82 Å². The largest absolute Gasteiger partial charge is 0.463 e. The number of rotatable bonds is 6. The molecule has 0 spiro atoms. The van der Waals surface area contributed by atoms with Crippen LogP contribution in [0.3, 0.4) is 0 Å². The average Bonchev–Trinajstić information content (AvgIpc) is 3.24. The van der Waals surface area contributed by atoms with E-state index in [4.69, 9.17) is 4.74 Å². The van der Waals surface area contributed by atoms with E-state index in [0.717, 1.165) is 37.8 Å². The minimum absolute atomic E-state index is 0.0199. The fourth-order valence-electron chi connectivity index (χ4n) is 3.98. The van der Waals surface area contributed by atoms with E-state index in [-0.39, 0.29) is 29.2 Å². The summed E-state index contributed by atoms with van der Waals surface area (Å²) in [5.41, 5.74) is 0.725. The molecule has 9 heteroatoms. The summed E-state index contributed by atoms with van der Waals surface area (Å²) in [5, 5.41) is 7.27. The Morgan fingerprint density at radius 1 is 1.12 bits per heavy atom. The van der Waals surface area contributed by atoms with Crippen LogP contribution in [-0.4, -0.2) is 27.3 Å². The number of hydrogen-bond acceptors (Lipinski definition) is 4. The molecule has 1 saturated carbocycles. The number of ether oxygens (including phenoxy) is 1. The van der Waals surface area contributed by atoms with Crippen LogP contribution in [0.25, 0.3) is 17.1 Å². The Labute approximate surface area is 189 Å². The van der Waals surface area contributed by atoms with Crippen molar-refractivity contribution < 1.29 is 22.7 Å². The van der Waals surface area contributed by atoms with Crippen LogP contribution in [0.4, 0.5) is 18.9 Å². The first-order valence-corrected chi connectivity index (χ1v) is 11.0. The van der Waals surface area contributed by atoms with Crippen molar-refractivity contribution in [2.24, 2.45) is 5.92 Å². The monoisotopic (exact) mass is 458 g/mol. The Morgan fingerprint density at radius 3 is 2.52 bits per heavy atom. The zero-order valence-corrected chi connectivity index (χ0v) is 18.2. The predicted octanol–water partition coefficient (Wildman–Crippen LogP) is 5.87. The Morgan fingerprint density at radius 2 is 1.85 bits per heavy atom. The molecule has 1 fully saturated rings. The first-order chi connectivity index (χ1) is 15.8. The molecule has 0 atom stereocenters. The Hall–Kier alpha value is -3.36. The number of aromatic nitrogens is 3. The molecule has 2 aromatic carbocycles. The van der Waals surface area contributed by atoms with Crippen molar-refractivity contribution in [2.75, 3.05) is 11.9 Å². The lowest BCUT2D eigenvalue weighted by Crippen LogP contribution is -2.24. The van der Waals surface area contributed by atoms with E-state index in [9.17, 15) is 18.0 Å². The SMILES string of the molecule is CCOc1nc(-c2cccc(C(F)(F)F)c2)n(-c2ccc(NC(=O)C3CCCCC3)cc2)n1. The minimum Gasteiger partial charge on any atom is -0.463 e.